The standard InChI is InChI=1S/C9H12N2O4/c10-7(13)4-11-3-5-1-2-6(12)9(15)8(5)14/h1-2,11-12,14-15H,3-4H2,(H2,10,13). The molecule has 6 nitrogen and oxygen atoms in total. The second-order valence-corrected chi connectivity index (χ2v) is 3.01. The highest BCUT2D eigenvalue weighted by atomic mass is 16.3. The highest BCUT2D eigenvalue weighted by molar-refractivity contribution is 5.75. The van der Waals surface area contributed by atoms with Crippen molar-refractivity contribution in [1.29, 1.82) is 0 Å². The third-order valence-corrected chi connectivity index (χ3v) is 1.83. The van der Waals surface area contributed by atoms with Crippen LogP contribution in [0.25, 0.3) is 0 Å². The maximum Gasteiger partial charge on any atom is 0.231 e. The number of hydrogen-bond acceptors (Lipinski definition) is 5. The Morgan fingerprint density at radius 1 is 1.27 bits per heavy atom. The number of aromatic hydroxyl groups is 3. The van der Waals surface area contributed by atoms with Crippen LogP contribution in [0.5, 0.6) is 17.2 Å². The van der Waals surface area contributed by atoms with Gasteiger partial charge in [0.1, 0.15) is 0 Å². The van der Waals surface area contributed by atoms with Gasteiger partial charge in [-0.2, -0.15) is 0 Å². The summed E-state index contributed by atoms with van der Waals surface area (Å²) in [5, 5.41) is 30.2. The first-order chi connectivity index (χ1) is 7.02. The molecule has 0 aromatic heterocycles. The quantitative estimate of drug-likeness (QED) is 0.426. The van der Waals surface area contributed by atoms with E-state index in [0.29, 0.717) is 5.56 Å². The summed E-state index contributed by atoms with van der Waals surface area (Å²) in [6, 6.07) is 2.68. The molecule has 0 unspecified atom stereocenters. The number of phenols is 3. The lowest BCUT2D eigenvalue weighted by molar-refractivity contribution is -0.117. The van der Waals surface area contributed by atoms with Crippen molar-refractivity contribution in [1.82, 2.24) is 5.32 Å². The first-order valence-electron chi connectivity index (χ1n) is 4.24. The van der Waals surface area contributed by atoms with E-state index in [9.17, 15) is 15.0 Å². The minimum atomic E-state index is -0.576. The van der Waals surface area contributed by atoms with E-state index >= 15 is 0 Å². The molecule has 0 radical (unpaired) electrons. The Kier molecular flexibility index (Phi) is 3.35. The van der Waals surface area contributed by atoms with E-state index in [1.165, 1.54) is 12.1 Å². The Hall–Kier alpha value is -1.95. The fraction of sp³-hybridized carbons (Fsp3) is 0.222. The number of carbonyl (C=O) groups excluding carboxylic acids is 1. The van der Waals surface area contributed by atoms with Gasteiger partial charge in [-0.05, 0) is 6.07 Å². The lowest BCUT2D eigenvalue weighted by Gasteiger charge is -2.07. The van der Waals surface area contributed by atoms with Crippen LogP contribution in [-0.2, 0) is 11.3 Å². The van der Waals surface area contributed by atoms with Crippen LogP contribution in [0.4, 0.5) is 0 Å². The fourth-order valence-corrected chi connectivity index (χ4v) is 1.07. The van der Waals surface area contributed by atoms with Crippen LogP contribution in [0, 0.1) is 0 Å². The summed E-state index contributed by atoms with van der Waals surface area (Å²) in [5.74, 6) is -1.90. The number of hydrogen-bond donors (Lipinski definition) is 5. The zero-order valence-electron chi connectivity index (χ0n) is 7.90. The van der Waals surface area contributed by atoms with Crippen molar-refractivity contribution >= 4 is 5.91 Å². The Balaban J connectivity index is 2.70. The molecule has 0 spiro atoms. The van der Waals surface area contributed by atoms with Crippen molar-refractivity contribution in [3.05, 3.63) is 17.7 Å². The van der Waals surface area contributed by atoms with Crippen LogP contribution in [0.2, 0.25) is 0 Å². The molecule has 0 aliphatic rings. The molecule has 6 heteroatoms. The maximum atomic E-state index is 10.4. The number of nitrogens with two attached hydrogens (primary N) is 1. The summed E-state index contributed by atoms with van der Waals surface area (Å²) in [5.41, 5.74) is 5.26. The molecule has 6 N–H and O–H groups in total. The number of carbonyl (C=O) groups is 1. The van der Waals surface area contributed by atoms with Crippen LogP contribution in [0.3, 0.4) is 0 Å². The van der Waals surface area contributed by atoms with Crippen molar-refractivity contribution in [2.24, 2.45) is 5.73 Å². The zero-order chi connectivity index (χ0) is 11.4. The zero-order valence-corrected chi connectivity index (χ0v) is 7.90. The van der Waals surface area contributed by atoms with E-state index in [4.69, 9.17) is 10.8 Å². The molecule has 0 fully saturated rings. The molecule has 1 aromatic rings. The normalized spacial score (nSPS) is 10.1. The average molecular weight is 212 g/mol. The van der Waals surface area contributed by atoms with Crippen molar-refractivity contribution in [2.45, 2.75) is 6.54 Å². The van der Waals surface area contributed by atoms with Crippen molar-refractivity contribution < 1.29 is 20.1 Å². The molecule has 0 saturated carbocycles. The second kappa shape index (κ2) is 4.52. The van der Waals surface area contributed by atoms with E-state index in [-0.39, 0.29) is 13.1 Å². The molecule has 0 heterocycles. The third kappa shape index (κ3) is 2.75. The molecule has 1 amide bonds. The molecule has 0 aliphatic carbocycles. The SMILES string of the molecule is NC(=O)CNCc1ccc(O)c(O)c1O. The van der Waals surface area contributed by atoms with Crippen LogP contribution in [0.1, 0.15) is 5.56 Å². The summed E-state index contributed by atoms with van der Waals surface area (Å²) >= 11 is 0. The highest BCUT2D eigenvalue weighted by Crippen LogP contribution is 2.36. The third-order valence-electron chi connectivity index (χ3n) is 1.83. The Morgan fingerprint density at radius 2 is 1.93 bits per heavy atom. The molecule has 82 valence electrons. The second-order valence-electron chi connectivity index (χ2n) is 3.01. The first kappa shape index (κ1) is 11.1. The van der Waals surface area contributed by atoms with E-state index < -0.39 is 23.2 Å². The fourth-order valence-electron chi connectivity index (χ4n) is 1.07. The highest BCUT2D eigenvalue weighted by Gasteiger charge is 2.10. The van der Waals surface area contributed by atoms with Gasteiger partial charge < -0.3 is 26.4 Å². The minimum absolute atomic E-state index is 0.0267. The Labute approximate surface area is 86.0 Å². The molecule has 0 atom stereocenters. The average Bonchev–Trinajstić information content (AvgIpc) is 2.18. The van der Waals surface area contributed by atoms with Gasteiger partial charge in [-0.25, -0.2) is 0 Å². The largest absolute Gasteiger partial charge is 0.504 e. The smallest absolute Gasteiger partial charge is 0.231 e. The van der Waals surface area contributed by atoms with Gasteiger partial charge in [0.15, 0.2) is 11.5 Å². The Bertz CT molecular complexity index is 379. The summed E-state index contributed by atoms with van der Waals surface area (Å²) in [6.45, 7) is 0.143. The number of nitrogens with one attached hydrogen (secondary N) is 1. The van der Waals surface area contributed by atoms with Gasteiger partial charge in [-0.3, -0.25) is 4.79 Å². The van der Waals surface area contributed by atoms with E-state index in [1.807, 2.05) is 0 Å². The Morgan fingerprint density at radius 3 is 2.53 bits per heavy atom. The predicted molar refractivity (Wildman–Crippen MR) is 52.3 cm³/mol. The van der Waals surface area contributed by atoms with Gasteiger partial charge in [0.25, 0.3) is 0 Å². The molecule has 0 aliphatic heterocycles. The van der Waals surface area contributed by atoms with Crippen LogP contribution >= 0.6 is 0 Å². The number of amides is 1. The van der Waals surface area contributed by atoms with Gasteiger partial charge in [-0.15, -0.1) is 0 Å². The molecule has 0 saturated heterocycles. The topological polar surface area (TPSA) is 116 Å². The summed E-state index contributed by atoms with van der Waals surface area (Å²) in [7, 11) is 0. The van der Waals surface area contributed by atoms with Crippen molar-refractivity contribution in [2.75, 3.05) is 6.54 Å². The molecule has 1 aromatic carbocycles. The van der Waals surface area contributed by atoms with Gasteiger partial charge in [0.2, 0.25) is 11.7 Å². The van der Waals surface area contributed by atoms with E-state index in [1.54, 1.807) is 0 Å². The molecular weight excluding hydrogens is 200 g/mol. The molecular formula is C9H12N2O4. The van der Waals surface area contributed by atoms with Crippen LogP contribution < -0.4 is 11.1 Å². The molecule has 15 heavy (non-hydrogen) atoms. The van der Waals surface area contributed by atoms with E-state index in [0.717, 1.165) is 0 Å². The maximum absolute atomic E-state index is 10.4. The minimum Gasteiger partial charge on any atom is -0.504 e. The predicted octanol–water partition coefficient (Wildman–Crippen LogP) is -0.622. The summed E-state index contributed by atoms with van der Waals surface area (Å²) in [4.78, 5) is 10.4. The van der Waals surface area contributed by atoms with Crippen LogP contribution in [0.15, 0.2) is 12.1 Å². The van der Waals surface area contributed by atoms with Crippen molar-refractivity contribution in [3.8, 4) is 17.2 Å². The van der Waals surface area contributed by atoms with E-state index in [2.05, 4.69) is 5.32 Å². The van der Waals surface area contributed by atoms with Gasteiger partial charge >= 0.3 is 0 Å². The summed E-state index contributed by atoms with van der Waals surface area (Å²) in [6.07, 6.45) is 0. The van der Waals surface area contributed by atoms with Crippen LogP contribution in [-0.4, -0.2) is 27.8 Å². The molecule has 1 rings (SSSR count). The monoisotopic (exact) mass is 212 g/mol. The summed E-state index contributed by atoms with van der Waals surface area (Å²) < 4.78 is 0. The lowest BCUT2D eigenvalue weighted by Crippen LogP contribution is -2.28. The first-order valence-corrected chi connectivity index (χ1v) is 4.24. The van der Waals surface area contributed by atoms with Gasteiger partial charge in [-0.1, -0.05) is 6.07 Å². The number of phenolic OH excluding ortho intramolecular Hbond substituents is 3. The lowest BCUT2D eigenvalue weighted by atomic mass is 10.1. The number of benzene rings is 1. The van der Waals surface area contributed by atoms with Crippen molar-refractivity contribution in [3.63, 3.8) is 0 Å². The number of primary amides is 1. The number of rotatable bonds is 4. The van der Waals surface area contributed by atoms with Gasteiger partial charge in [0, 0.05) is 12.1 Å². The molecule has 0 bridgehead atoms. The van der Waals surface area contributed by atoms with Gasteiger partial charge in [0.05, 0.1) is 6.54 Å².